The highest BCUT2D eigenvalue weighted by atomic mass is 16.5. The molecule has 0 saturated carbocycles. The van der Waals surface area contributed by atoms with E-state index in [1.54, 1.807) is 40.9 Å². The Morgan fingerprint density at radius 1 is 1.17 bits per heavy atom. The van der Waals surface area contributed by atoms with Gasteiger partial charge in [-0.25, -0.2) is 9.78 Å². The summed E-state index contributed by atoms with van der Waals surface area (Å²) in [5, 5.41) is 17.6. The van der Waals surface area contributed by atoms with E-state index in [2.05, 4.69) is 15.2 Å². The molecule has 0 aliphatic heterocycles. The quantitative estimate of drug-likeness (QED) is 0.711. The number of carboxylic acid groups (broad SMARTS) is 1. The molecule has 0 radical (unpaired) electrons. The minimum atomic E-state index is -1.15. The minimum absolute atomic E-state index is 0.00766. The second-order valence-electron chi connectivity index (χ2n) is 5.35. The Labute approximate surface area is 138 Å². The van der Waals surface area contributed by atoms with Gasteiger partial charge in [-0.15, -0.1) is 10.2 Å². The van der Waals surface area contributed by atoms with Gasteiger partial charge in [0.15, 0.2) is 11.5 Å². The largest absolute Gasteiger partial charge is 0.489 e. The summed E-state index contributed by atoms with van der Waals surface area (Å²) in [5.74, 6) is -0.404. The summed E-state index contributed by atoms with van der Waals surface area (Å²) in [6.07, 6.45) is 1.69. The molecule has 0 fully saturated rings. The third-order valence-corrected chi connectivity index (χ3v) is 3.19. The standard InChI is InChI=1S/C17H16N4O3/c1-11(2)24-13-8-4-3-7-12(13)19-20-16-15(17(22)23)18-14-9-5-6-10-21(14)16/h3-11H,1-2H3,(H,22,23). The van der Waals surface area contributed by atoms with Crippen LogP contribution in [-0.4, -0.2) is 26.6 Å². The second-order valence-corrected chi connectivity index (χ2v) is 5.35. The van der Waals surface area contributed by atoms with E-state index in [0.29, 0.717) is 17.1 Å². The molecule has 1 N–H and O–H groups in total. The predicted molar refractivity (Wildman–Crippen MR) is 88.5 cm³/mol. The number of benzene rings is 1. The first-order valence-corrected chi connectivity index (χ1v) is 7.44. The maximum Gasteiger partial charge on any atom is 0.358 e. The zero-order valence-corrected chi connectivity index (χ0v) is 13.2. The molecule has 1 aromatic carbocycles. The topological polar surface area (TPSA) is 88.5 Å². The molecule has 2 aromatic heterocycles. The van der Waals surface area contributed by atoms with Gasteiger partial charge in [0.25, 0.3) is 0 Å². The van der Waals surface area contributed by atoms with Crippen LogP contribution in [0.15, 0.2) is 58.9 Å². The Balaban J connectivity index is 2.06. The first-order chi connectivity index (χ1) is 11.6. The molecule has 2 heterocycles. The van der Waals surface area contributed by atoms with Crippen molar-refractivity contribution in [2.75, 3.05) is 0 Å². The molecular weight excluding hydrogens is 308 g/mol. The smallest absolute Gasteiger partial charge is 0.358 e. The monoisotopic (exact) mass is 324 g/mol. The summed E-state index contributed by atoms with van der Waals surface area (Å²) in [6, 6.07) is 12.5. The lowest BCUT2D eigenvalue weighted by Gasteiger charge is -2.10. The Kier molecular flexibility index (Phi) is 4.24. The van der Waals surface area contributed by atoms with E-state index < -0.39 is 5.97 Å². The first-order valence-electron chi connectivity index (χ1n) is 7.44. The van der Waals surface area contributed by atoms with Crippen LogP contribution in [-0.2, 0) is 0 Å². The van der Waals surface area contributed by atoms with Gasteiger partial charge in [0.1, 0.15) is 17.1 Å². The van der Waals surface area contributed by atoms with Crippen LogP contribution in [0.3, 0.4) is 0 Å². The van der Waals surface area contributed by atoms with Gasteiger partial charge >= 0.3 is 5.97 Å². The zero-order valence-electron chi connectivity index (χ0n) is 13.2. The lowest BCUT2D eigenvalue weighted by molar-refractivity contribution is 0.0692. The van der Waals surface area contributed by atoms with Crippen molar-refractivity contribution >= 4 is 23.1 Å². The van der Waals surface area contributed by atoms with Crippen LogP contribution in [0, 0.1) is 0 Å². The SMILES string of the molecule is CC(C)Oc1ccccc1N=Nc1c(C(=O)O)nc2ccccn12. The summed E-state index contributed by atoms with van der Waals surface area (Å²) in [5.41, 5.74) is 0.871. The van der Waals surface area contributed by atoms with Gasteiger partial charge in [-0.3, -0.25) is 4.40 Å². The highest BCUT2D eigenvalue weighted by Crippen LogP contribution is 2.30. The van der Waals surface area contributed by atoms with Crippen molar-refractivity contribution in [2.24, 2.45) is 10.2 Å². The molecule has 0 atom stereocenters. The first kappa shape index (κ1) is 15.7. The number of carboxylic acids is 1. The number of ether oxygens (including phenoxy) is 1. The van der Waals surface area contributed by atoms with E-state index in [1.165, 1.54) is 0 Å². The van der Waals surface area contributed by atoms with E-state index in [4.69, 9.17) is 4.74 Å². The van der Waals surface area contributed by atoms with Crippen molar-refractivity contribution in [1.82, 2.24) is 9.38 Å². The number of para-hydroxylation sites is 1. The Hall–Kier alpha value is -3.22. The number of fused-ring (bicyclic) bond motifs is 1. The fourth-order valence-corrected chi connectivity index (χ4v) is 2.22. The van der Waals surface area contributed by atoms with Gasteiger partial charge in [0.2, 0.25) is 0 Å². The number of hydrogen-bond acceptors (Lipinski definition) is 5. The highest BCUT2D eigenvalue weighted by molar-refractivity contribution is 5.91. The lowest BCUT2D eigenvalue weighted by Crippen LogP contribution is -2.05. The average molecular weight is 324 g/mol. The normalized spacial score (nSPS) is 11.5. The number of azo groups is 1. The molecule has 0 amide bonds. The molecule has 3 aromatic rings. The van der Waals surface area contributed by atoms with Gasteiger partial charge in [0, 0.05) is 6.20 Å². The van der Waals surface area contributed by atoms with E-state index in [-0.39, 0.29) is 17.6 Å². The second kappa shape index (κ2) is 6.49. The fraction of sp³-hybridized carbons (Fsp3) is 0.176. The van der Waals surface area contributed by atoms with E-state index in [1.807, 2.05) is 26.0 Å². The van der Waals surface area contributed by atoms with Gasteiger partial charge < -0.3 is 9.84 Å². The number of aromatic nitrogens is 2. The maximum absolute atomic E-state index is 11.4. The van der Waals surface area contributed by atoms with Gasteiger partial charge in [0.05, 0.1) is 6.10 Å². The van der Waals surface area contributed by atoms with Crippen molar-refractivity contribution < 1.29 is 14.6 Å². The molecule has 0 bridgehead atoms. The van der Waals surface area contributed by atoms with Crippen LogP contribution in [0.5, 0.6) is 5.75 Å². The van der Waals surface area contributed by atoms with E-state index in [9.17, 15) is 9.90 Å². The Bertz CT molecular complexity index is 915. The van der Waals surface area contributed by atoms with Crippen molar-refractivity contribution in [2.45, 2.75) is 20.0 Å². The van der Waals surface area contributed by atoms with Gasteiger partial charge in [-0.1, -0.05) is 18.2 Å². The molecule has 0 spiro atoms. The predicted octanol–water partition coefficient (Wildman–Crippen LogP) is 4.24. The number of nitrogens with zero attached hydrogens (tertiary/aromatic N) is 4. The molecule has 0 saturated heterocycles. The van der Waals surface area contributed by atoms with Crippen LogP contribution in [0.25, 0.3) is 5.65 Å². The summed E-state index contributed by atoms with van der Waals surface area (Å²) < 4.78 is 7.27. The number of pyridine rings is 1. The maximum atomic E-state index is 11.4. The van der Waals surface area contributed by atoms with Crippen LogP contribution < -0.4 is 4.74 Å². The Morgan fingerprint density at radius 2 is 1.92 bits per heavy atom. The van der Waals surface area contributed by atoms with Crippen LogP contribution >= 0.6 is 0 Å². The highest BCUT2D eigenvalue weighted by Gasteiger charge is 2.18. The lowest BCUT2D eigenvalue weighted by atomic mass is 10.3. The molecular formula is C17H16N4O3. The van der Waals surface area contributed by atoms with Crippen LogP contribution in [0.1, 0.15) is 24.3 Å². The van der Waals surface area contributed by atoms with Crippen molar-refractivity contribution in [3.8, 4) is 5.75 Å². The summed E-state index contributed by atoms with van der Waals surface area (Å²) in [6.45, 7) is 3.84. The van der Waals surface area contributed by atoms with Crippen LogP contribution in [0.4, 0.5) is 11.5 Å². The summed E-state index contributed by atoms with van der Waals surface area (Å²) >= 11 is 0. The third-order valence-electron chi connectivity index (χ3n) is 3.19. The van der Waals surface area contributed by atoms with E-state index in [0.717, 1.165) is 0 Å². The zero-order chi connectivity index (χ0) is 17.1. The number of aromatic carboxylic acids is 1. The van der Waals surface area contributed by atoms with Crippen molar-refractivity contribution in [3.63, 3.8) is 0 Å². The summed E-state index contributed by atoms with van der Waals surface area (Å²) in [7, 11) is 0. The van der Waals surface area contributed by atoms with Crippen molar-refractivity contribution in [1.29, 1.82) is 0 Å². The average Bonchev–Trinajstić information content (AvgIpc) is 2.92. The molecule has 0 unspecified atom stereocenters. The molecule has 3 rings (SSSR count). The number of carbonyl (C=O) groups is 1. The minimum Gasteiger partial charge on any atom is -0.489 e. The molecule has 7 nitrogen and oxygen atoms in total. The van der Waals surface area contributed by atoms with Gasteiger partial charge in [-0.2, -0.15) is 0 Å². The van der Waals surface area contributed by atoms with Crippen LogP contribution in [0.2, 0.25) is 0 Å². The molecule has 0 aliphatic carbocycles. The number of imidazole rings is 1. The van der Waals surface area contributed by atoms with E-state index >= 15 is 0 Å². The third kappa shape index (κ3) is 3.10. The van der Waals surface area contributed by atoms with Crippen molar-refractivity contribution in [3.05, 3.63) is 54.4 Å². The number of hydrogen-bond donors (Lipinski definition) is 1. The Morgan fingerprint density at radius 3 is 2.67 bits per heavy atom. The van der Waals surface area contributed by atoms with Gasteiger partial charge in [-0.05, 0) is 38.1 Å². The summed E-state index contributed by atoms with van der Waals surface area (Å²) in [4.78, 5) is 15.5. The molecule has 7 heteroatoms. The molecule has 24 heavy (non-hydrogen) atoms. The molecule has 122 valence electrons. The molecule has 0 aliphatic rings. The fourth-order valence-electron chi connectivity index (χ4n) is 2.22. The number of rotatable bonds is 5.